The van der Waals surface area contributed by atoms with Gasteiger partial charge < -0.3 is 0 Å². The summed E-state index contributed by atoms with van der Waals surface area (Å²) in [6.45, 7) is 2.33. The molecule has 0 aromatic heterocycles. The molecule has 0 aliphatic carbocycles. The summed E-state index contributed by atoms with van der Waals surface area (Å²) in [5.74, 6) is -0.434. The van der Waals surface area contributed by atoms with Crippen molar-refractivity contribution in [2.75, 3.05) is 6.54 Å². The molecule has 120 valence electrons. The van der Waals surface area contributed by atoms with Crippen molar-refractivity contribution in [2.45, 2.75) is 13.3 Å². The highest BCUT2D eigenvalue weighted by Gasteiger charge is 2.14. The summed E-state index contributed by atoms with van der Waals surface area (Å²) in [5.41, 5.74) is 2.58. The Bertz CT molecular complexity index is 704. The van der Waals surface area contributed by atoms with Gasteiger partial charge in [0.05, 0.1) is 0 Å². The maximum absolute atomic E-state index is 12.0. The lowest BCUT2D eigenvalue weighted by molar-refractivity contribution is 0.0960. The van der Waals surface area contributed by atoms with Crippen LogP contribution in [0, 0.1) is 6.92 Å². The monoisotopic (exact) mass is 392 g/mol. The first kappa shape index (κ1) is 17.6. The Balaban J connectivity index is 1.87. The highest BCUT2D eigenvalue weighted by Crippen LogP contribution is 2.13. The zero-order valence-corrected chi connectivity index (χ0v) is 15.1. The fourth-order valence-electron chi connectivity index (χ4n) is 1.97. The van der Waals surface area contributed by atoms with E-state index in [2.05, 4.69) is 34.1 Å². The number of nitrogens with one attached hydrogen (secondary N) is 1. The normalized spacial score (nSPS) is 10.2. The van der Waals surface area contributed by atoms with Gasteiger partial charge in [0.2, 0.25) is 0 Å². The zero-order valence-electron chi connectivity index (χ0n) is 12.6. The molecule has 3 amide bonds. The standard InChI is InChI=1S/C17H17BrN2O2S/c1-12-5-7-14(8-6-12)16(21)19-17(22)20(23)10-9-13-3-2-4-15(18)11-13/h2-8,11,23H,9-10H2,1H3,(H,19,21,22). The van der Waals surface area contributed by atoms with Crippen LogP contribution in [0.1, 0.15) is 21.5 Å². The van der Waals surface area contributed by atoms with E-state index in [1.165, 1.54) is 4.31 Å². The van der Waals surface area contributed by atoms with Gasteiger partial charge in [0.25, 0.3) is 5.91 Å². The lowest BCUT2D eigenvalue weighted by atomic mass is 10.1. The van der Waals surface area contributed by atoms with Crippen LogP contribution in [0.2, 0.25) is 0 Å². The predicted octanol–water partition coefficient (Wildman–Crippen LogP) is 4.00. The van der Waals surface area contributed by atoms with E-state index in [9.17, 15) is 9.59 Å². The van der Waals surface area contributed by atoms with E-state index >= 15 is 0 Å². The largest absolute Gasteiger partial charge is 0.334 e. The second kappa shape index (κ2) is 8.17. The summed E-state index contributed by atoms with van der Waals surface area (Å²) in [7, 11) is 0. The van der Waals surface area contributed by atoms with Crippen LogP contribution in [0.5, 0.6) is 0 Å². The number of aryl methyl sites for hydroxylation is 1. The topological polar surface area (TPSA) is 49.4 Å². The third-order valence-electron chi connectivity index (χ3n) is 3.27. The smallest absolute Gasteiger partial charge is 0.273 e. The summed E-state index contributed by atoms with van der Waals surface area (Å²) in [6.07, 6.45) is 0.648. The fourth-order valence-corrected chi connectivity index (χ4v) is 2.56. The van der Waals surface area contributed by atoms with Gasteiger partial charge in [0, 0.05) is 16.6 Å². The molecule has 4 nitrogen and oxygen atoms in total. The summed E-state index contributed by atoms with van der Waals surface area (Å²) in [4.78, 5) is 24.0. The van der Waals surface area contributed by atoms with Gasteiger partial charge in [-0.25, -0.2) is 4.79 Å². The van der Waals surface area contributed by atoms with Crippen LogP contribution in [0.25, 0.3) is 0 Å². The Kier molecular flexibility index (Phi) is 6.24. The summed E-state index contributed by atoms with van der Waals surface area (Å²) in [6, 6.07) is 14.3. The van der Waals surface area contributed by atoms with E-state index < -0.39 is 11.9 Å². The van der Waals surface area contributed by atoms with Gasteiger partial charge in [-0.15, -0.1) is 0 Å². The minimum atomic E-state index is -0.533. The number of carbonyl (C=O) groups is 2. The van der Waals surface area contributed by atoms with Crippen LogP contribution in [-0.4, -0.2) is 22.8 Å². The number of urea groups is 1. The van der Waals surface area contributed by atoms with Gasteiger partial charge in [-0.05, 0) is 43.2 Å². The molecule has 2 aromatic carbocycles. The molecule has 0 saturated carbocycles. The molecule has 2 rings (SSSR count). The number of carbonyl (C=O) groups excluding carboxylic acids is 2. The second-order valence-corrected chi connectivity index (χ2v) is 6.53. The van der Waals surface area contributed by atoms with Crippen LogP contribution in [0.3, 0.4) is 0 Å². The zero-order chi connectivity index (χ0) is 16.8. The van der Waals surface area contributed by atoms with Gasteiger partial charge >= 0.3 is 6.03 Å². The van der Waals surface area contributed by atoms with Crippen molar-refractivity contribution < 1.29 is 9.59 Å². The Hall–Kier alpha value is -1.79. The Morgan fingerprint density at radius 3 is 2.52 bits per heavy atom. The molecular weight excluding hydrogens is 376 g/mol. The van der Waals surface area contributed by atoms with Crippen molar-refractivity contribution in [1.82, 2.24) is 9.62 Å². The van der Waals surface area contributed by atoms with Gasteiger partial charge in [0.15, 0.2) is 0 Å². The van der Waals surface area contributed by atoms with Crippen molar-refractivity contribution in [3.05, 3.63) is 69.7 Å². The molecule has 0 radical (unpaired) electrons. The van der Waals surface area contributed by atoms with Crippen LogP contribution < -0.4 is 5.32 Å². The number of benzene rings is 2. The van der Waals surface area contributed by atoms with Crippen molar-refractivity contribution in [2.24, 2.45) is 0 Å². The van der Waals surface area contributed by atoms with E-state index in [1.54, 1.807) is 12.1 Å². The molecule has 0 aliphatic heterocycles. The highest BCUT2D eigenvalue weighted by molar-refractivity contribution is 9.10. The molecule has 0 bridgehead atoms. The van der Waals surface area contributed by atoms with Crippen molar-refractivity contribution in [3.8, 4) is 0 Å². The average Bonchev–Trinajstić information content (AvgIpc) is 2.53. The van der Waals surface area contributed by atoms with Crippen LogP contribution >= 0.6 is 28.7 Å². The number of hydrogen-bond donors (Lipinski definition) is 2. The minimum absolute atomic E-state index is 0.395. The van der Waals surface area contributed by atoms with E-state index in [-0.39, 0.29) is 0 Å². The van der Waals surface area contributed by atoms with E-state index in [0.29, 0.717) is 18.5 Å². The molecule has 0 aliphatic rings. The first-order valence-corrected chi connectivity index (χ1v) is 8.28. The molecule has 1 N–H and O–H groups in total. The summed E-state index contributed by atoms with van der Waals surface area (Å²) < 4.78 is 2.19. The number of rotatable bonds is 4. The van der Waals surface area contributed by atoms with E-state index in [1.807, 2.05) is 43.3 Å². The van der Waals surface area contributed by atoms with Crippen molar-refractivity contribution in [1.29, 1.82) is 0 Å². The Morgan fingerprint density at radius 1 is 1.17 bits per heavy atom. The van der Waals surface area contributed by atoms with Gasteiger partial charge in [-0.3, -0.25) is 14.4 Å². The van der Waals surface area contributed by atoms with Crippen molar-refractivity contribution in [3.63, 3.8) is 0 Å². The number of hydrogen-bond acceptors (Lipinski definition) is 3. The number of amides is 3. The van der Waals surface area contributed by atoms with E-state index in [4.69, 9.17) is 0 Å². The predicted molar refractivity (Wildman–Crippen MR) is 97.6 cm³/mol. The Morgan fingerprint density at radius 2 is 1.87 bits per heavy atom. The SMILES string of the molecule is Cc1ccc(C(=O)NC(=O)N(S)CCc2cccc(Br)c2)cc1. The first-order valence-electron chi connectivity index (χ1n) is 7.08. The third-order valence-corrected chi connectivity index (χ3v) is 4.14. The van der Waals surface area contributed by atoms with Gasteiger partial charge in [0.1, 0.15) is 0 Å². The molecule has 0 spiro atoms. The molecule has 0 fully saturated rings. The molecule has 23 heavy (non-hydrogen) atoms. The third kappa shape index (κ3) is 5.41. The maximum Gasteiger partial charge on any atom is 0.334 e. The first-order chi connectivity index (χ1) is 11.0. The maximum atomic E-state index is 12.0. The number of thiol groups is 1. The number of imide groups is 1. The molecular formula is C17H17BrN2O2S. The lowest BCUT2D eigenvalue weighted by Gasteiger charge is -2.16. The quantitative estimate of drug-likeness (QED) is 0.772. The second-order valence-electron chi connectivity index (χ2n) is 5.13. The number of nitrogens with zero attached hydrogens (tertiary/aromatic N) is 1. The molecule has 2 aromatic rings. The van der Waals surface area contributed by atoms with Crippen molar-refractivity contribution >= 4 is 40.7 Å². The molecule has 6 heteroatoms. The van der Waals surface area contributed by atoms with Gasteiger partial charge in [-0.1, -0.05) is 58.6 Å². The summed E-state index contributed by atoms with van der Waals surface area (Å²) in [5, 5.41) is 2.33. The van der Waals surface area contributed by atoms with E-state index in [0.717, 1.165) is 15.6 Å². The average molecular weight is 393 g/mol. The van der Waals surface area contributed by atoms with Crippen LogP contribution in [-0.2, 0) is 6.42 Å². The minimum Gasteiger partial charge on any atom is -0.273 e. The Labute approximate surface area is 149 Å². The van der Waals surface area contributed by atoms with Crippen LogP contribution in [0.15, 0.2) is 53.0 Å². The fraction of sp³-hybridized carbons (Fsp3) is 0.176. The molecule has 0 heterocycles. The molecule has 0 unspecified atom stereocenters. The number of halogens is 1. The highest BCUT2D eigenvalue weighted by atomic mass is 79.9. The lowest BCUT2D eigenvalue weighted by Crippen LogP contribution is -2.39. The molecule has 0 atom stereocenters. The molecule has 0 saturated heterocycles. The van der Waals surface area contributed by atoms with Gasteiger partial charge in [-0.2, -0.15) is 0 Å². The van der Waals surface area contributed by atoms with Crippen LogP contribution in [0.4, 0.5) is 4.79 Å². The summed E-state index contributed by atoms with van der Waals surface area (Å²) >= 11 is 7.55.